The number of rotatable bonds is 7. The molecule has 5 atom stereocenters. The van der Waals surface area contributed by atoms with Crippen LogP contribution in [0.4, 0.5) is 0 Å². The summed E-state index contributed by atoms with van der Waals surface area (Å²) >= 11 is 0.897. The van der Waals surface area contributed by atoms with Gasteiger partial charge in [-0.15, -0.1) is 0 Å². The Labute approximate surface area is 203 Å². The van der Waals surface area contributed by atoms with Crippen molar-refractivity contribution in [1.29, 1.82) is 0 Å². The summed E-state index contributed by atoms with van der Waals surface area (Å²) in [5, 5.41) is 2.63. The Balaban J connectivity index is 2.03. The van der Waals surface area contributed by atoms with Gasteiger partial charge in [-0.25, -0.2) is 4.79 Å². The first kappa shape index (κ1) is 26.2. The lowest BCUT2D eigenvalue weighted by Crippen LogP contribution is -2.67. The van der Waals surface area contributed by atoms with Gasteiger partial charge in [0, 0.05) is 33.3 Å². The van der Waals surface area contributed by atoms with Crippen LogP contribution in [0.25, 0.3) is 10.3 Å². The molecule has 2 aromatic rings. The Hall–Kier alpha value is -3.45. The summed E-state index contributed by atoms with van der Waals surface area (Å²) in [5.41, 5.74) is 0.958. The number of esters is 3. The molecule has 0 bridgehead atoms. The van der Waals surface area contributed by atoms with E-state index in [0.29, 0.717) is 21.6 Å². The van der Waals surface area contributed by atoms with Crippen LogP contribution in [0.5, 0.6) is 5.75 Å². The Morgan fingerprint density at radius 1 is 1.00 bits per heavy atom. The zero-order valence-electron chi connectivity index (χ0n) is 19.6. The van der Waals surface area contributed by atoms with Crippen LogP contribution >= 0.6 is 11.3 Å². The standard InChI is InChI=1S/C22H25NO11S/c1-9-14(6-7-15-20(9)35-22(28)34-15)32-21-17(23-10(2)24)19(31-13(5)27)18(30-12(4)26)16(33-21)8-29-11(3)25/h6-7,16-19,21H,8H2,1-5H3,(H,23,24)/t16-,17+,18-,19-,21-/m1/s1. The number of ether oxygens (including phenoxy) is 5. The second-order valence-electron chi connectivity index (χ2n) is 7.81. The summed E-state index contributed by atoms with van der Waals surface area (Å²) in [6.07, 6.45) is -4.84. The number of amides is 1. The van der Waals surface area contributed by atoms with Crippen molar-refractivity contribution in [2.75, 3.05) is 6.61 Å². The van der Waals surface area contributed by atoms with Crippen molar-refractivity contribution in [3.63, 3.8) is 0 Å². The molecular formula is C22H25NO11S. The third-order valence-corrected chi connectivity index (χ3v) is 5.97. The minimum absolute atomic E-state index is 0.300. The molecule has 1 aliphatic rings. The van der Waals surface area contributed by atoms with E-state index >= 15 is 0 Å². The van der Waals surface area contributed by atoms with Crippen molar-refractivity contribution < 1.29 is 47.3 Å². The minimum Gasteiger partial charge on any atom is -0.463 e. The van der Waals surface area contributed by atoms with E-state index in [2.05, 4.69) is 5.32 Å². The van der Waals surface area contributed by atoms with Gasteiger partial charge in [-0.05, 0) is 19.1 Å². The van der Waals surface area contributed by atoms with Crippen LogP contribution in [0.2, 0.25) is 0 Å². The number of aryl methyl sites for hydroxylation is 1. The number of hydrogen-bond donors (Lipinski definition) is 1. The van der Waals surface area contributed by atoms with Crippen LogP contribution in [-0.2, 0) is 38.1 Å². The zero-order chi connectivity index (χ0) is 25.9. The van der Waals surface area contributed by atoms with Gasteiger partial charge in [-0.2, -0.15) is 0 Å². The summed E-state index contributed by atoms with van der Waals surface area (Å²) in [6, 6.07) is 1.99. The monoisotopic (exact) mass is 511 g/mol. The maximum absolute atomic E-state index is 12.0. The third kappa shape index (κ3) is 6.36. The predicted octanol–water partition coefficient (Wildman–Crippen LogP) is 1.20. The highest BCUT2D eigenvalue weighted by atomic mass is 32.1. The Morgan fingerprint density at radius 2 is 1.66 bits per heavy atom. The van der Waals surface area contributed by atoms with Crippen LogP contribution in [0, 0.1) is 6.92 Å². The molecule has 0 spiro atoms. The van der Waals surface area contributed by atoms with Gasteiger partial charge in [0.05, 0.1) is 4.70 Å². The maximum atomic E-state index is 12.0. The number of nitrogens with one attached hydrogen (secondary N) is 1. The summed E-state index contributed by atoms with van der Waals surface area (Å²) in [7, 11) is 0. The maximum Gasteiger partial charge on any atom is 0.396 e. The second-order valence-corrected chi connectivity index (χ2v) is 8.75. The highest BCUT2D eigenvalue weighted by Crippen LogP contribution is 2.33. The quantitative estimate of drug-likeness (QED) is 0.421. The molecule has 1 amide bonds. The van der Waals surface area contributed by atoms with Gasteiger partial charge in [-0.3, -0.25) is 19.2 Å². The molecule has 0 aliphatic carbocycles. The van der Waals surface area contributed by atoms with Crippen LogP contribution in [0.3, 0.4) is 0 Å². The number of carbonyl (C=O) groups excluding carboxylic acids is 4. The SMILES string of the molecule is CC(=O)N[C@@H]1[C@H](Oc2ccc3oc(=O)sc3c2C)O[C@H](COC(C)=O)[C@@H](OC(C)=O)[C@@H]1OC(C)=O. The van der Waals surface area contributed by atoms with Gasteiger partial charge in [0.1, 0.15) is 30.1 Å². The number of carbonyl (C=O) groups is 4. The summed E-state index contributed by atoms with van der Waals surface area (Å²) in [5.74, 6) is -2.23. The fraction of sp³-hybridized carbons (Fsp3) is 0.500. The van der Waals surface area contributed by atoms with E-state index in [4.69, 9.17) is 28.1 Å². The molecule has 0 unspecified atom stereocenters. The molecule has 1 saturated heterocycles. The molecule has 1 aromatic carbocycles. The fourth-order valence-electron chi connectivity index (χ4n) is 3.69. The lowest BCUT2D eigenvalue weighted by molar-refractivity contribution is -0.257. The minimum atomic E-state index is -1.27. The van der Waals surface area contributed by atoms with Gasteiger partial charge in [0.15, 0.2) is 12.2 Å². The van der Waals surface area contributed by atoms with Crippen molar-refractivity contribution in [2.45, 2.75) is 65.3 Å². The zero-order valence-corrected chi connectivity index (χ0v) is 20.5. The van der Waals surface area contributed by atoms with E-state index < -0.39 is 59.4 Å². The highest BCUT2D eigenvalue weighted by Gasteiger charge is 2.52. The van der Waals surface area contributed by atoms with Crippen molar-refractivity contribution in [1.82, 2.24) is 5.32 Å². The molecule has 1 aromatic heterocycles. The van der Waals surface area contributed by atoms with Crippen LogP contribution in [0.15, 0.2) is 21.3 Å². The molecule has 12 nitrogen and oxygen atoms in total. The number of benzene rings is 1. The predicted molar refractivity (Wildman–Crippen MR) is 120 cm³/mol. The smallest absolute Gasteiger partial charge is 0.396 e. The van der Waals surface area contributed by atoms with E-state index in [-0.39, 0.29) is 6.61 Å². The second kappa shape index (κ2) is 10.9. The Bertz CT molecular complexity index is 1190. The Morgan fingerprint density at radius 3 is 2.26 bits per heavy atom. The first-order chi connectivity index (χ1) is 16.5. The average Bonchev–Trinajstić information content (AvgIpc) is 3.13. The molecule has 0 saturated carbocycles. The number of fused-ring (bicyclic) bond motifs is 1. The summed E-state index contributed by atoms with van der Waals surface area (Å²) in [4.78, 5) is 58.4. The molecule has 0 radical (unpaired) electrons. The fourth-order valence-corrected chi connectivity index (χ4v) is 4.46. The van der Waals surface area contributed by atoms with E-state index in [9.17, 15) is 24.0 Å². The number of hydrogen-bond acceptors (Lipinski definition) is 12. The normalized spacial score (nSPS) is 23.9. The van der Waals surface area contributed by atoms with Gasteiger partial charge >= 0.3 is 22.8 Å². The topological polar surface area (TPSA) is 157 Å². The molecule has 3 rings (SSSR count). The molecule has 2 heterocycles. The molecule has 1 N–H and O–H groups in total. The lowest BCUT2D eigenvalue weighted by Gasteiger charge is -2.44. The van der Waals surface area contributed by atoms with Crippen LogP contribution in [0.1, 0.15) is 33.3 Å². The van der Waals surface area contributed by atoms with E-state index in [1.165, 1.54) is 13.8 Å². The van der Waals surface area contributed by atoms with E-state index in [1.54, 1.807) is 19.1 Å². The van der Waals surface area contributed by atoms with E-state index in [1.807, 2.05) is 0 Å². The van der Waals surface area contributed by atoms with Crippen LogP contribution in [-0.4, -0.2) is 61.1 Å². The molecule has 13 heteroatoms. The van der Waals surface area contributed by atoms with Gasteiger partial charge in [0.2, 0.25) is 12.2 Å². The van der Waals surface area contributed by atoms with Crippen molar-refractivity contribution >= 4 is 45.4 Å². The molecular weight excluding hydrogens is 486 g/mol. The van der Waals surface area contributed by atoms with Gasteiger partial charge in [-0.1, -0.05) is 11.3 Å². The van der Waals surface area contributed by atoms with Gasteiger partial charge in [0.25, 0.3) is 0 Å². The van der Waals surface area contributed by atoms with Gasteiger partial charge < -0.3 is 33.4 Å². The Kier molecular flexibility index (Phi) is 8.12. The molecule has 190 valence electrons. The van der Waals surface area contributed by atoms with E-state index in [0.717, 1.165) is 25.2 Å². The largest absolute Gasteiger partial charge is 0.463 e. The average molecular weight is 512 g/mol. The summed E-state index contributed by atoms with van der Waals surface area (Å²) in [6.45, 7) is 6.10. The first-order valence-corrected chi connectivity index (χ1v) is 11.4. The van der Waals surface area contributed by atoms with Crippen molar-refractivity contribution in [3.05, 3.63) is 27.4 Å². The highest BCUT2D eigenvalue weighted by molar-refractivity contribution is 7.16. The summed E-state index contributed by atoms with van der Waals surface area (Å²) < 4.78 is 33.6. The van der Waals surface area contributed by atoms with Crippen LogP contribution < -0.4 is 15.0 Å². The molecule has 35 heavy (non-hydrogen) atoms. The molecule has 1 fully saturated rings. The first-order valence-electron chi connectivity index (χ1n) is 10.6. The van der Waals surface area contributed by atoms with Crippen molar-refractivity contribution in [2.24, 2.45) is 0 Å². The molecule has 1 aliphatic heterocycles. The third-order valence-electron chi connectivity index (χ3n) is 5.01. The lowest BCUT2D eigenvalue weighted by atomic mass is 9.96. The van der Waals surface area contributed by atoms with Crippen molar-refractivity contribution in [3.8, 4) is 5.75 Å².